The van der Waals surface area contributed by atoms with Crippen LogP contribution in [0.25, 0.3) is 0 Å². The van der Waals surface area contributed by atoms with Crippen LogP contribution in [0.2, 0.25) is 0 Å². The lowest BCUT2D eigenvalue weighted by Crippen LogP contribution is -2.15. The van der Waals surface area contributed by atoms with Gasteiger partial charge in [-0.15, -0.1) is 0 Å². The minimum absolute atomic E-state index is 0.444. The molecule has 0 radical (unpaired) electrons. The molecule has 3 nitrogen and oxygen atoms in total. The molecule has 15 heavy (non-hydrogen) atoms. The van der Waals surface area contributed by atoms with E-state index in [1.54, 1.807) is 0 Å². The van der Waals surface area contributed by atoms with E-state index >= 15 is 0 Å². The summed E-state index contributed by atoms with van der Waals surface area (Å²) >= 11 is 0. The van der Waals surface area contributed by atoms with Crippen molar-refractivity contribution in [3.63, 3.8) is 0 Å². The largest absolute Gasteiger partial charge is 0.380 e. The lowest BCUT2D eigenvalue weighted by Gasteiger charge is -2.12. The molecule has 84 valence electrons. The highest BCUT2D eigenvalue weighted by Crippen LogP contribution is 2.34. The molecule has 1 atom stereocenters. The van der Waals surface area contributed by atoms with Crippen molar-refractivity contribution >= 4 is 5.69 Å². The van der Waals surface area contributed by atoms with Gasteiger partial charge in [0.25, 0.3) is 0 Å². The highest BCUT2D eigenvalue weighted by molar-refractivity contribution is 5.39. The maximum absolute atomic E-state index is 4.32. The minimum Gasteiger partial charge on any atom is -0.380 e. The molecule has 0 aromatic carbocycles. The van der Waals surface area contributed by atoms with E-state index in [-0.39, 0.29) is 0 Å². The Balaban J connectivity index is 1.85. The van der Waals surface area contributed by atoms with E-state index in [2.05, 4.69) is 37.4 Å². The Morgan fingerprint density at radius 1 is 1.47 bits per heavy atom. The number of anilines is 1. The third-order valence-corrected chi connectivity index (χ3v) is 2.93. The van der Waals surface area contributed by atoms with Crippen LogP contribution in [0.3, 0.4) is 0 Å². The average Bonchev–Trinajstić information content (AvgIpc) is 2.82. The molecule has 1 aliphatic carbocycles. The first-order valence-corrected chi connectivity index (χ1v) is 5.96. The summed E-state index contributed by atoms with van der Waals surface area (Å²) in [5.74, 6) is 0.979. The van der Waals surface area contributed by atoms with E-state index in [1.807, 2.05) is 10.9 Å². The van der Waals surface area contributed by atoms with Gasteiger partial charge in [0.2, 0.25) is 0 Å². The van der Waals surface area contributed by atoms with Crippen LogP contribution in [0.1, 0.15) is 46.1 Å². The van der Waals surface area contributed by atoms with Crippen molar-refractivity contribution in [3.05, 3.63) is 12.4 Å². The SMILES string of the molecule is CC(CC1CC1)Nc1cnn(C(C)C)c1. The Hall–Kier alpha value is -0.990. The highest BCUT2D eigenvalue weighted by atomic mass is 15.3. The van der Waals surface area contributed by atoms with Crippen molar-refractivity contribution < 1.29 is 0 Å². The summed E-state index contributed by atoms with van der Waals surface area (Å²) in [6.45, 7) is 6.54. The maximum Gasteiger partial charge on any atom is 0.0728 e. The molecule has 1 fully saturated rings. The fourth-order valence-corrected chi connectivity index (χ4v) is 1.89. The first-order chi connectivity index (χ1) is 7.15. The van der Waals surface area contributed by atoms with Gasteiger partial charge in [-0.2, -0.15) is 5.10 Å². The van der Waals surface area contributed by atoms with Gasteiger partial charge in [0.05, 0.1) is 11.9 Å². The number of nitrogens with one attached hydrogen (secondary N) is 1. The lowest BCUT2D eigenvalue weighted by molar-refractivity contribution is 0.532. The summed E-state index contributed by atoms with van der Waals surface area (Å²) < 4.78 is 1.99. The van der Waals surface area contributed by atoms with Gasteiger partial charge < -0.3 is 5.32 Å². The van der Waals surface area contributed by atoms with Crippen LogP contribution in [0.15, 0.2) is 12.4 Å². The van der Waals surface area contributed by atoms with Gasteiger partial charge >= 0.3 is 0 Å². The first-order valence-electron chi connectivity index (χ1n) is 5.96. The van der Waals surface area contributed by atoms with E-state index in [1.165, 1.54) is 19.3 Å². The van der Waals surface area contributed by atoms with Gasteiger partial charge in [-0.3, -0.25) is 4.68 Å². The van der Waals surface area contributed by atoms with Gasteiger partial charge in [0.15, 0.2) is 0 Å². The van der Waals surface area contributed by atoms with Crippen LogP contribution in [-0.4, -0.2) is 15.8 Å². The topological polar surface area (TPSA) is 29.9 Å². The van der Waals surface area contributed by atoms with E-state index in [0.717, 1.165) is 11.6 Å². The van der Waals surface area contributed by atoms with Gasteiger partial charge in [-0.1, -0.05) is 12.8 Å². The van der Waals surface area contributed by atoms with Gasteiger partial charge in [0, 0.05) is 18.3 Å². The number of aromatic nitrogens is 2. The maximum atomic E-state index is 4.32. The van der Waals surface area contributed by atoms with Crippen molar-refractivity contribution in [1.29, 1.82) is 0 Å². The Bertz CT molecular complexity index is 312. The monoisotopic (exact) mass is 207 g/mol. The van der Waals surface area contributed by atoms with Crippen molar-refractivity contribution in [1.82, 2.24) is 9.78 Å². The van der Waals surface area contributed by atoms with Crippen LogP contribution in [-0.2, 0) is 0 Å². The van der Waals surface area contributed by atoms with Crippen LogP contribution in [0.4, 0.5) is 5.69 Å². The first kappa shape index (κ1) is 10.5. The Morgan fingerprint density at radius 2 is 2.20 bits per heavy atom. The van der Waals surface area contributed by atoms with Gasteiger partial charge in [0.1, 0.15) is 0 Å². The molecule has 0 spiro atoms. The molecule has 3 heteroatoms. The summed E-state index contributed by atoms with van der Waals surface area (Å²) in [7, 11) is 0. The van der Waals surface area contributed by atoms with Gasteiger partial charge in [-0.25, -0.2) is 0 Å². The van der Waals surface area contributed by atoms with Crippen molar-refractivity contribution in [2.75, 3.05) is 5.32 Å². The molecule has 1 saturated carbocycles. The van der Waals surface area contributed by atoms with Crippen molar-refractivity contribution in [2.24, 2.45) is 5.92 Å². The second-order valence-electron chi connectivity index (χ2n) is 5.03. The molecule has 0 saturated heterocycles. The molecule has 0 bridgehead atoms. The molecular formula is C12H21N3. The quantitative estimate of drug-likeness (QED) is 0.804. The fourth-order valence-electron chi connectivity index (χ4n) is 1.89. The second-order valence-corrected chi connectivity index (χ2v) is 5.03. The highest BCUT2D eigenvalue weighted by Gasteiger charge is 2.23. The predicted octanol–water partition coefficient (Wildman–Crippen LogP) is 3.06. The number of hydrogen-bond donors (Lipinski definition) is 1. The molecule has 1 heterocycles. The zero-order valence-corrected chi connectivity index (χ0v) is 9.90. The molecule has 1 aromatic heterocycles. The normalized spacial score (nSPS) is 18.1. The summed E-state index contributed by atoms with van der Waals surface area (Å²) in [4.78, 5) is 0. The summed E-state index contributed by atoms with van der Waals surface area (Å²) in [5.41, 5.74) is 1.15. The molecule has 1 aromatic rings. The standard InChI is InChI=1S/C12H21N3/c1-9(2)15-8-12(7-13-15)14-10(3)6-11-4-5-11/h7-11,14H,4-6H2,1-3H3. The van der Waals surface area contributed by atoms with Crippen molar-refractivity contribution in [2.45, 2.75) is 52.1 Å². The third-order valence-electron chi connectivity index (χ3n) is 2.93. The van der Waals surface area contributed by atoms with Crippen molar-refractivity contribution in [3.8, 4) is 0 Å². The predicted molar refractivity (Wildman–Crippen MR) is 63.0 cm³/mol. The van der Waals surface area contributed by atoms with E-state index in [4.69, 9.17) is 0 Å². The van der Waals surface area contributed by atoms with Crippen LogP contribution in [0, 0.1) is 5.92 Å². The molecule has 1 aliphatic rings. The lowest BCUT2D eigenvalue weighted by atomic mass is 10.1. The molecule has 0 amide bonds. The van der Waals surface area contributed by atoms with Gasteiger partial charge in [-0.05, 0) is 33.1 Å². The van der Waals surface area contributed by atoms with E-state index in [9.17, 15) is 0 Å². The Morgan fingerprint density at radius 3 is 2.73 bits per heavy atom. The summed E-state index contributed by atoms with van der Waals surface area (Å²) in [6.07, 6.45) is 8.17. The Labute approximate surface area is 91.9 Å². The third kappa shape index (κ3) is 2.98. The van der Waals surface area contributed by atoms with Crippen LogP contribution >= 0.6 is 0 Å². The summed E-state index contributed by atoms with van der Waals surface area (Å²) in [5, 5.41) is 7.82. The minimum atomic E-state index is 0.444. The molecular weight excluding hydrogens is 186 g/mol. The second kappa shape index (κ2) is 4.25. The van der Waals surface area contributed by atoms with Crippen LogP contribution in [0.5, 0.6) is 0 Å². The Kier molecular flexibility index (Phi) is 2.98. The zero-order valence-electron chi connectivity index (χ0n) is 9.90. The molecule has 0 aliphatic heterocycles. The van der Waals surface area contributed by atoms with E-state index in [0.29, 0.717) is 12.1 Å². The molecule has 1 unspecified atom stereocenters. The fraction of sp³-hybridized carbons (Fsp3) is 0.750. The number of nitrogens with zero attached hydrogens (tertiary/aromatic N) is 2. The smallest absolute Gasteiger partial charge is 0.0728 e. The van der Waals surface area contributed by atoms with Crippen LogP contribution < -0.4 is 5.32 Å². The molecule has 2 rings (SSSR count). The summed E-state index contributed by atoms with van der Waals surface area (Å²) in [6, 6.07) is 1.02. The average molecular weight is 207 g/mol. The zero-order chi connectivity index (χ0) is 10.8. The number of rotatable bonds is 5. The number of hydrogen-bond acceptors (Lipinski definition) is 2. The van der Waals surface area contributed by atoms with E-state index < -0.39 is 0 Å². The molecule has 1 N–H and O–H groups in total.